The van der Waals surface area contributed by atoms with Gasteiger partial charge in [-0.1, -0.05) is 0 Å². The highest BCUT2D eigenvalue weighted by molar-refractivity contribution is 7.28. The van der Waals surface area contributed by atoms with Gasteiger partial charge in [0.05, 0.1) is 7.11 Å². The zero-order valence-electron chi connectivity index (χ0n) is 7.11. The molecule has 0 aliphatic rings. The second kappa shape index (κ2) is 4.20. The maximum absolute atomic E-state index is 13.0. The van der Waals surface area contributed by atoms with Crippen molar-refractivity contribution in [3.8, 4) is 5.75 Å². The molecule has 1 rings (SSSR count). The zero-order chi connectivity index (χ0) is 10.9. The van der Waals surface area contributed by atoms with Gasteiger partial charge in [-0.25, -0.2) is 4.39 Å². The molecule has 76 valence electrons. The Labute approximate surface area is 86.4 Å². The molecule has 0 radical (unpaired) electrons. The first-order chi connectivity index (χ1) is 6.49. The Morgan fingerprint density at radius 3 is 2.57 bits per heavy atom. The van der Waals surface area contributed by atoms with Crippen molar-refractivity contribution in [2.75, 3.05) is 7.11 Å². The first kappa shape index (κ1) is 11.3. The Morgan fingerprint density at radius 1 is 1.57 bits per heavy atom. The van der Waals surface area contributed by atoms with Crippen molar-refractivity contribution in [3.63, 3.8) is 0 Å². The van der Waals surface area contributed by atoms with Gasteiger partial charge in [-0.2, -0.15) is 4.39 Å². The van der Waals surface area contributed by atoms with Crippen molar-refractivity contribution >= 4 is 31.4 Å². The second-order valence-corrected chi connectivity index (χ2v) is 3.36. The molecule has 1 atom stereocenters. The Kier molecular flexibility index (Phi) is 3.40. The van der Waals surface area contributed by atoms with Crippen LogP contribution in [0.1, 0.15) is 10.4 Å². The number of carbonyl (C=O) groups excluding carboxylic acids is 1. The summed E-state index contributed by atoms with van der Waals surface area (Å²) in [5, 5.41) is -0.765. The summed E-state index contributed by atoms with van der Waals surface area (Å²) in [7, 11) is 3.25. The minimum absolute atomic E-state index is 0.103. The van der Waals surface area contributed by atoms with E-state index in [-0.39, 0.29) is 16.6 Å². The highest BCUT2D eigenvalue weighted by Crippen LogP contribution is 2.22. The zero-order valence-corrected chi connectivity index (χ0v) is 9.02. The van der Waals surface area contributed by atoms with Crippen molar-refractivity contribution in [2.45, 2.75) is 0 Å². The monoisotopic (exact) mass is 238 g/mol. The van der Waals surface area contributed by atoms with Crippen molar-refractivity contribution in [1.29, 1.82) is 0 Å². The molecule has 0 aliphatic carbocycles. The molecule has 0 saturated carbocycles. The third kappa shape index (κ3) is 1.86. The molecule has 1 aromatic rings. The van der Waals surface area contributed by atoms with Gasteiger partial charge in [0.15, 0.2) is 11.6 Å². The minimum Gasteiger partial charge on any atom is -0.493 e. The van der Waals surface area contributed by atoms with Crippen LogP contribution in [0.2, 0.25) is 0 Å². The van der Waals surface area contributed by atoms with Gasteiger partial charge < -0.3 is 4.74 Å². The Hall–Kier alpha value is -0.730. The Bertz CT molecular complexity index is 395. The highest BCUT2D eigenvalue weighted by atomic mass is 35.5. The average Bonchev–Trinajstić information content (AvgIpc) is 2.12. The fourth-order valence-corrected chi connectivity index (χ4v) is 1.69. The van der Waals surface area contributed by atoms with E-state index in [9.17, 15) is 13.6 Å². The average molecular weight is 239 g/mol. The fraction of sp³-hybridized carbons (Fsp3) is 0.125. The summed E-state index contributed by atoms with van der Waals surface area (Å²) in [6.45, 7) is 0. The van der Waals surface area contributed by atoms with E-state index in [2.05, 4.69) is 14.0 Å². The number of benzene rings is 1. The Morgan fingerprint density at radius 2 is 2.14 bits per heavy atom. The lowest BCUT2D eigenvalue weighted by molar-refractivity contribution is 0.108. The largest absolute Gasteiger partial charge is 0.493 e. The van der Waals surface area contributed by atoms with E-state index in [0.717, 1.165) is 6.07 Å². The number of carbonyl (C=O) groups is 1. The van der Waals surface area contributed by atoms with Crippen LogP contribution in [0.5, 0.6) is 5.75 Å². The van der Waals surface area contributed by atoms with Crippen molar-refractivity contribution in [2.24, 2.45) is 0 Å². The number of rotatable bonds is 2. The second-order valence-electron chi connectivity index (χ2n) is 2.44. The van der Waals surface area contributed by atoms with Crippen LogP contribution < -0.4 is 10.0 Å². The molecule has 0 fully saturated rings. The van der Waals surface area contributed by atoms with Gasteiger partial charge in [0.1, 0.15) is 0 Å². The van der Waals surface area contributed by atoms with Crippen molar-refractivity contribution < 1.29 is 18.3 Å². The lowest BCUT2D eigenvalue weighted by Crippen LogP contribution is -2.12. The first-order valence-corrected chi connectivity index (χ1v) is 4.45. The quantitative estimate of drug-likeness (QED) is 0.581. The van der Waals surface area contributed by atoms with Gasteiger partial charge in [0.2, 0.25) is 5.82 Å². The first-order valence-electron chi connectivity index (χ1n) is 3.50. The highest BCUT2D eigenvalue weighted by Gasteiger charge is 2.19. The van der Waals surface area contributed by atoms with Crippen LogP contribution in [0.25, 0.3) is 0 Å². The van der Waals surface area contributed by atoms with E-state index in [1.165, 1.54) is 7.11 Å². The summed E-state index contributed by atoms with van der Waals surface area (Å²) in [6, 6.07) is 0.732. The van der Waals surface area contributed by atoms with Crippen LogP contribution in [0.3, 0.4) is 0 Å². The number of methoxy groups -OCH3 is 1. The Balaban J connectivity index is 3.50. The predicted octanol–water partition coefficient (Wildman–Crippen LogP) is 1.85. The summed E-state index contributed by atoms with van der Waals surface area (Å²) in [5.74, 6) is -2.64. The summed E-state index contributed by atoms with van der Waals surface area (Å²) < 4.78 is 30.5. The van der Waals surface area contributed by atoms with Gasteiger partial charge >= 0.3 is 0 Å². The summed E-state index contributed by atoms with van der Waals surface area (Å²) >= 11 is 5.16. The molecule has 2 nitrogen and oxygen atoms in total. The molecule has 0 aromatic heterocycles. The van der Waals surface area contributed by atoms with E-state index in [0.29, 0.717) is 0 Å². The molecule has 1 aromatic carbocycles. The SMILES string of the molecule is COc1c(F)c(F)cc(C(=O)Cl)c1P. The molecule has 0 amide bonds. The van der Waals surface area contributed by atoms with Crippen LogP contribution in [0.4, 0.5) is 8.78 Å². The standard InChI is InChI=1S/C8H6ClF2O2P/c1-13-6-5(11)4(10)2-3(7(6)14)8(9)12/h2H,14H2,1H3. The third-order valence-electron chi connectivity index (χ3n) is 1.63. The van der Waals surface area contributed by atoms with E-state index in [4.69, 9.17) is 11.6 Å². The topological polar surface area (TPSA) is 26.3 Å². The molecule has 0 aliphatic heterocycles. The van der Waals surface area contributed by atoms with Gasteiger partial charge in [0, 0.05) is 10.9 Å². The molecule has 14 heavy (non-hydrogen) atoms. The summed E-state index contributed by atoms with van der Waals surface area (Å²) in [5.41, 5.74) is -0.132. The molecule has 0 bridgehead atoms. The minimum atomic E-state index is -1.17. The normalized spacial score (nSPS) is 10.1. The number of hydrogen-bond acceptors (Lipinski definition) is 2. The third-order valence-corrected chi connectivity index (χ3v) is 2.41. The molecule has 0 spiro atoms. The molecular weight excluding hydrogens is 233 g/mol. The molecular formula is C8H6ClF2O2P. The summed E-state index contributed by atoms with van der Waals surface area (Å²) in [6.07, 6.45) is 0. The van der Waals surface area contributed by atoms with Crippen LogP contribution in [-0.2, 0) is 0 Å². The van der Waals surface area contributed by atoms with Gasteiger partial charge in [0.25, 0.3) is 5.24 Å². The molecule has 0 saturated heterocycles. The van der Waals surface area contributed by atoms with E-state index in [1.54, 1.807) is 0 Å². The van der Waals surface area contributed by atoms with Gasteiger partial charge in [-0.05, 0) is 17.7 Å². The van der Waals surface area contributed by atoms with Crippen molar-refractivity contribution in [1.82, 2.24) is 0 Å². The van der Waals surface area contributed by atoms with Crippen LogP contribution >= 0.6 is 20.8 Å². The number of ether oxygens (including phenoxy) is 1. The number of hydrogen-bond donors (Lipinski definition) is 0. The maximum Gasteiger partial charge on any atom is 0.253 e. The van der Waals surface area contributed by atoms with Crippen LogP contribution in [-0.4, -0.2) is 12.4 Å². The smallest absolute Gasteiger partial charge is 0.253 e. The maximum atomic E-state index is 13.0. The lowest BCUT2D eigenvalue weighted by atomic mass is 10.2. The molecule has 6 heteroatoms. The van der Waals surface area contributed by atoms with Gasteiger partial charge in [-0.15, -0.1) is 9.24 Å². The molecule has 0 N–H and O–H groups in total. The van der Waals surface area contributed by atoms with Crippen molar-refractivity contribution in [3.05, 3.63) is 23.3 Å². The number of halogens is 3. The van der Waals surface area contributed by atoms with Crippen LogP contribution in [0.15, 0.2) is 6.07 Å². The molecule has 0 heterocycles. The van der Waals surface area contributed by atoms with Crippen LogP contribution in [0, 0.1) is 11.6 Å². The van der Waals surface area contributed by atoms with E-state index >= 15 is 0 Å². The molecule has 1 unspecified atom stereocenters. The fourth-order valence-electron chi connectivity index (χ4n) is 0.979. The predicted molar refractivity (Wildman–Crippen MR) is 52.4 cm³/mol. The lowest BCUT2D eigenvalue weighted by Gasteiger charge is -2.08. The van der Waals surface area contributed by atoms with E-state index in [1.807, 2.05) is 0 Å². The van der Waals surface area contributed by atoms with Gasteiger partial charge in [-0.3, -0.25) is 4.79 Å². The van der Waals surface area contributed by atoms with E-state index < -0.39 is 16.9 Å². The summed E-state index contributed by atoms with van der Waals surface area (Å²) in [4.78, 5) is 10.8.